The topological polar surface area (TPSA) is 72.7 Å². The first-order valence-corrected chi connectivity index (χ1v) is 12.1. The lowest BCUT2D eigenvalue weighted by Gasteiger charge is -2.14. The van der Waals surface area contributed by atoms with Gasteiger partial charge >= 0.3 is 0 Å². The Morgan fingerprint density at radius 1 is 1.16 bits per heavy atom. The molecule has 1 aromatic carbocycles. The molecule has 0 unspecified atom stereocenters. The highest BCUT2D eigenvalue weighted by Gasteiger charge is 2.19. The number of benzene rings is 1. The van der Waals surface area contributed by atoms with Crippen molar-refractivity contribution in [1.29, 1.82) is 0 Å². The summed E-state index contributed by atoms with van der Waals surface area (Å²) in [4.78, 5) is 16.9. The molecule has 2 aromatic heterocycles. The first-order valence-electron chi connectivity index (χ1n) is 11.1. The molecule has 1 aliphatic carbocycles. The number of carbonyl (C=O) groups is 1. The van der Waals surface area contributed by atoms with Crippen molar-refractivity contribution < 1.29 is 4.79 Å². The zero-order chi connectivity index (χ0) is 22.3. The molecule has 32 heavy (non-hydrogen) atoms. The van der Waals surface area contributed by atoms with Crippen LogP contribution < -0.4 is 5.32 Å². The third-order valence-corrected chi connectivity index (χ3v) is 6.54. The third kappa shape index (κ3) is 5.46. The van der Waals surface area contributed by atoms with E-state index in [9.17, 15) is 4.79 Å². The molecule has 1 aliphatic rings. The summed E-state index contributed by atoms with van der Waals surface area (Å²) in [6.45, 7) is 4.84. The van der Waals surface area contributed by atoms with Gasteiger partial charge in [-0.2, -0.15) is 0 Å². The van der Waals surface area contributed by atoms with Crippen molar-refractivity contribution >= 4 is 17.7 Å². The molecule has 0 aliphatic heterocycles. The SMILES string of the molecule is Cc1ccc(-n2c(SCC(=O)NCCC3=CCCCC3)nnc2-c2ccccn2)c(C)c1. The maximum Gasteiger partial charge on any atom is 0.230 e. The Bertz CT molecular complexity index is 1110. The van der Waals surface area contributed by atoms with Gasteiger partial charge in [-0.3, -0.25) is 14.3 Å². The molecule has 3 aromatic rings. The van der Waals surface area contributed by atoms with Crippen LogP contribution in [-0.2, 0) is 4.79 Å². The van der Waals surface area contributed by atoms with E-state index in [0.29, 0.717) is 23.3 Å². The molecular weight excluding hydrogens is 418 g/mol. The number of carbonyl (C=O) groups excluding carboxylic acids is 1. The number of nitrogens with one attached hydrogen (secondary N) is 1. The molecule has 2 heterocycles. The minimum absolute atomic E-state index is 0.0148. The van der Waals surface area contributed by atoms with Gasteiger partial charge in [0.2, 0.25) is 5.91 Å². The maximum atomic E-state index is 12.5. The molecule has 0 spiro atoms. The van der Waals surface area contributed by atoms with E-state index >= 15 is 0 Å². The predicted octanol–water partition coefficient (Wildman–Crippen LogP) is 5.04. The normalized spacial score (nSPS) is 13.6. The van der Waals surface area contributed by atoms with E-state index in [-0.39, 0.29) is 5.91 Å². The Morgan fingerprint density at radius 3 is 2.81 bits per heavy atom. The average molecular weight is 448 g/mol. The van der Waals surface area contributed by atoms with Crippen LogP contribution in [0.5, 0.6) is 0 Å². The van der Waals surface area contributed by atoms with E-state index in [1.165, 1.54) is 48.6 Å². The number of hydrogen-bond donors (Lipinski definition) is 1. The number of rotatable bonds is 8. The van der Waals surface area contributed by atoms with Crippen molar-refractivity contribution in [2.75, 3.05) is 12.3 Å². The molecule has 0 radical (unpaired) electrons. The summed E-state index contributed by atoms with van der Waals surface area (Å²) in [5, 5.41) is 12.6. The fourth-order valence-corrected chi connectivity index (χ4v) is 4.75. The number of aromatic nitrogens is 4. The Morgan fingerprint density at radius 2 is 2.06 bits per heavy atom. The van der Waals surface area contributed by atoms with Gasteiger partial charge in [0.25, 0.3) is 0 Å². The zero-order valence-electron chi connectivity index (χ0n) is 18.7. The van der Waals surface area contributed by atoms with Gasteiger partial charge in [0.05, 0.1) is 11.4 Å². The number of nitrogens with zero attached hydrogens (tertiary/aromatic N) is 4. The molecule has 0 bridgehead atoms. The van der Waals surface area contributed by atoms with Crippen LogP contribution in [0.15, 0.2) is 59.4 Å². The minimum atomic E-state index is 0.0148. The molecule has 4 rings (SSSR count). The van der Waals surface area contributed by atoms with Crippen molar-refractivity contribution in [3.63, 3.8) is 0 Å². The van der Waals surface area contributed by atoms with Crippen molar-refractivity contribution in [3.05, 3.63) is 65.4 Å². The van der Waals surface area contributed by atoms with Crippen LogP contribution in [0.3, 0.4) is 0 Å². The lowest BCUT2D eigenvalue weighted by molar-refractivity contribution is -0.118. The van der Waals surface area contributed by atoms with Crippen LogP contribution >= 0.6 is 11.8 Å². The van der Waals surface area contributed by atoms with Crippen LogP contribution in [-0.4, -0.2) is 38.0 Å². The van der Waals surface area contributed by atoms with Crippen LogP contribution in [0, 0.1) is 13.8 Å². The van der Waals surface area contributed by atoms with Gasteiger partial charge in [0.1, 0.15) is 5.69 Å². The monoisotopic (exact) mass is 447 g/mol. The summed E-state index contributed by atoms with van der Waals surface area (Å²) in [6, 6.07) is 12.0. The molecular formula is C25H29N5OS. The Hall–Kier alpha value is -2.93. The fraction of sp³-hybridized carbons (Fsp3) is 0.360. The lowest BCUT2D eigenvalue weighted by atomic mass is 9.97. The number of allylic oxidation sites excluding steroid dienone is 1. The maximum absolute atomic E-state index is 12.5. The molecule has 6 nitrogen and oxygen atoms in total. The summed E-state index contributed by atoms with van der Waals surface area (Å²) in [5.41, 5.74) is 5.53. The van der Waals surface area contributed by atoms with Gasteiger partial charge in [0.15, 0.2) is 11.0 Å². The highest BCUT2D eigenvalue weighted by Crippen LogP contribution is 2.29. The number of aryl methyl sites for hydroxylation is 2. The summed E-state index contributed by atoms with van der Waals surface area (Å²) in [5.74, 6) is 0.982. The van der Waals surface area contributed by atoms with Gasteiger partial charge < -0.3 is 5.32 Å². The molecule has 166 valence electrons. The minimum Gasteiger partial charge on any atom is -0.355 e. The number of thioether (sulfide) groups is 1. The van der Waals surface area contributed by atoms with E-state index < -0.39 is 0 Å². The van der Waals surface area contributed by atoms with Crippen molar-refractivity contribution in [2.45, 2.75) is 51.1 Å². The third-order valence-electron chi connectivity index (χ3n) is 5.61. The molecule has 7 heteroatoms. The van der Waals surface area contributed by atoms with Gasteiger partial charge in [-0.25, -0.2) is 0 Å². The second kappa shape index (κ2) is 10.6. The second-order valence-corrected chi connectivity index (χ2v) is 9.09. The van der Waals surface area contributed by atoms with E-state index in [1.54, 1.807) is 6.20 Å². The largest absolute Gasteiger partial charge is 0.355 e. The van der Waals surface area contributed by atoms with Gasteiger partial charge in [-0.05, 0) is 69.7 Å². The Balaban J connectivity index is 1.49. The highest BCUT2D eigenvalue weighted by atomic mass is 32.2. The highest BCUT2D eigenvalue weighted by molar-refractivity contribution is 7.99. The van der Waals surface area contributed by atoms with Crippen molar-refractivity contribution in [3.8, 4) is 17.2 Å². The van der Waals surface area contributed by atoms with E-state index in [4.69, 9.17) is 0 Å². The van der Waals surface area contributed by atoms with Crippen molar-refractivity contribution in [1.82, 2.24) is 25.1 Å². The number of amides is 1. The van der Waals surface area contributed by atoms with E-state index in [1.807, 2.05) is 22.8 Å². The van der Waals surface area contributed by atoms with Crippen LogP contribution in [0.2, 0.25) is 0 Å². The van der Waals surface area contributed by atoms with Gasteiger partial charge in [-0.15, -0.1) is 10.2 Å². The molecule has 0 fully saturated rings. The quantitative estimate of drug-likeness (QED) is 0.387. The molecule has 0 atom stereocenters. The summed E-state index contributed by atoms with van der Waals surface area (Å²) in [6.07, 6.45) is 9.91. The first-order chi connectivity index (χ1) is 15.6. The van der Waals surface area contributed by atoms with Crippen LogP contribution in [0.1, 0.15) is 43.2 Å². The molecule has 1 N–H and O–H groups in total. The fourth-order valence-electron chi connectivity index (χ4n) is 3.97. The van der Waals surface area contributed by atoms with Crippen LogP contribution in [0.4, 0.5) is 0 Å². The van der Waals surface area contributed by atoms with Crippen molar-refractivity contribution in [2.24, 2.45) is 0 Å². The predicted molar refractivity (Wildman–Crippen MR) is 129 cm³/mol. The lowest BCUT2D eigenvalue weighted by Crippen LogP contribution is -2.26. The van der Waals surface area contributed by atoms with Gasteiger partial charge in [-0.1, -0.05) is 47.2 Å². The van der Waals surface area contributed by atoms with E-state index in [2.05, 4.69) is 58.6 Å². The smallest absolute Gasteiger partial charge is 0.230 e. The second-order valence-electron chi connectivity index (χ2n) is 8.14. The molecule has 1 amide bonds. The summed E-state index contributed by atoms with van der Waals surface area (Å²) < 4.78 is 2.00. The number of hydrogen-bond acceptors (Lipinski definition) is 5. The number of pyridine rings is 1. The Kier molecular flexibility index (Phi) is 7.37. The zero-order valence-corrected chi connectivity index (χ0v) is 19.5. The first kappa shape index (κ1) is 22.3. The standard InChI is InChI=1S/C25H29N5OS/c1-18-11-12-22(19(2)16-18)30-24(21-10-6-7-14-26-21)28-29-25(30)32-17-23(31)27-15-13-20-8-4-3-5-9-20/h6-8,10-12,14,16H,3-5,9,13,15,17H2,1-2H3,(H,27,31). The van der Waals surface area contributed by atoms with Gasteiger partial charge in [0, 0.05) is 12.7 Å². The average Bonchev–Trinajstić information content (AvgIpc) is 3.23. The molecule has 0 saturated carbocycles. The Labute approximate surface area is 193 Å². The van der Waals surface area contributed by atoms with E-state index in [0.717, 1.165) is 23.4 Å². The van der Waals surface area contributed by atoms with Crippen LogP contribution in [0.25, 0.3) is 17.2 Å². The summed E-state index contributed by atoms with van der Waals surface area (Å²) >= 11 is 1.40. The molecule has 0 saturated heterocycles. The summed E-state index contributed by atoms with van der Waals surface area (Å²) in [7, 11) is 0.